The lowest BCUT2D eigenvalue weighted by molar-refractivity contribution is 0.452. The fourth-order valence-corrected chi connectivity index (χ4v) is 2.17. The minimum Gasteiger partial charge on any atom is -0.492 e. The van der Waals surface area contributed by atoms with Crippen molar-refractivity contribution in [2.24, 2.45) is 0 Å². The third-order valence-electron chi connectivity index (χ3n) is 2.99. The lowest BCUT2D eigenvalue weighted by atomic mass is 9.98. The smallest absolute Gasteiger partial charge is 0.419 e. The quantitative estimate of drug-likeness (QED) is 0.688. The molecule has 0 atom stereocenters. The van der Waals surface area contributed by atoms with Crippen molar-refractivity contribution >= 4 is 10.8 Å². The van der Waals surface area contributed by atoms with Crippen molar-refractivity contribution in [3.05, 3.63) is 52.5 Å². The molecule has 0 saturated heterocycles. The lowest BCUT2D eigenvalue weighted by Gasteiger charge is -2.07. The number of fused-ring (bicyclic) bond motifs is 1. The molecule has 3 rings (SSSR count). The lowest BCUT2D eigenvalue weighted by Crippen LogP contribution is -1.93. The molecular weight excluding hydrogens is 230 g/mol. The van der Waals surface area contributed by atoms with Gasteiger partial charge in [-0.1, -0.05) is 36.4 Å². The Morgan fingerprint density at radius 3 is 2.67 bits per heavy atom. The summed E-state index contributed by atoms with van der Waals surface area (Å²) in [7, 11) is 0. The van der Waals surface area contributed by atoms with Crippen molar-refractivity contribution in [2.75, 3.05) is 0 Å². The Kier molecular flexibility index (Phi) is 2.23. The van der Waals surface area contributed by atoms with E-state index in [0.29, 0.717) is 0 Å². The molecule has 0 fully saturated rings. The van der Waals surface area contributed by atoms with Gasteiger partial charge in [0.2, 0.25) is 11.6 Å². The van der Waals surface area contributed by atoms with Gasteiger partial charge in [-0.15, -0.1) is 0 Å². The minimum atomic E-state index is -0.658. The van der Waals surface area contributed by atoms with E-state index in [1.165, 1.54) is 0 Å². The molecule has 0 radical (unpaired) electrons. The largest absolute Gasteiger partial charge is 0.492 e. The number of aryl methyl sites for hydroxylation is 1. The Labute approximate surface area is 103 Å². The maximum Gasteiger partial charge on any atom is 0.419 e. The number of aromatic hydroxyl groups is 1. The molecule has 1 aromatic heterocycles. The van der Waals surface area contributed by atoms with Crippen LogP contribution in [-0.4, -0.2) is 10.1 Å². The molecule has 0 amide bonds. The van der Waals surface area contributed by atoms with E-state index in [1.807, 2.05) is 43.3 Å². The van der Waals surface area contributed by atoms with E-state index >= 15 is 0 Å². The van der Waals surface area contributed by atoms with Crippen molar-refractivity contribution in [2.45, 2.75) is 6.92 Å². The van der Waals surface area contributed by atoms with Gasteiger partial charge in [0.15, 0.2) is 0 Å². The Bertz CT molecular complexity index is 783. The van der Waals surface area contributed by atoms with Gasteiger partial charge in [-0.05, 0) is 23.3 Å². The molecule has 4 nitrogen and oxygen atoms in total. The molecule has 0 aliphatic heterocycles. The van der Waals surface area contributed by atoms with Crippen LogP contribution >= 0.6 is 0 Å². The Morgan fingerprint density at radius 1 is 1.17 bits per heavy atom. The first-order chi connectivity index (χ1) is 8.66. The van der Waals surface area contributed by atoms with E-state index in [1.54, 1.807) is 0 Å². The Hall–Kier alpha value is -2.49. The summed E-state index contributed by atoms with van der Waals surface area (Å²) < 4.78 is 5.03. The second-order valence-corrected chi connectivity index (χ2v) is 4.17. The number of aromatic amines is 1. The van der Waals surface area contributed by atoms with Crippen molar-refractivity contribution in [3.8, 4) is 17.2 Å². The number of nitrogens with one attached hydrogen (secondary N) is 1. The molecule has 4 heteroatoms. The molecule has 2 N–H and O–H groups in total. The molecule has 0 unspecified atom stereocenters. The third kappa shape index (κ3) is 1.50. The zero-order valence-electron chi connectivity index (χ0n) is 9.73. The van der Waals surface area contributed by atoms with Crippen molar-refractivity contribution < 1.29 is 9.52 Å². The zero-order valence-corrected chi connectivity index (χ0v) is 9.73. The molecular formula is C14H11NO3. The van der Waals surface area contributed by atoms with Crippen molar-refractivity contribution in [1.82, 2.24) is 4.98 Å². The maximum absolute atomic E-state index is 11.1. The predicted molar refractivity (Wildman–Crippen MR) is 68.7 cm³/mol. The number of hydrogen-bond donors (Lipinski definition) is 2. The molecule has 0 saturated carbocycles. The normalized spacial score (nSPS) is 10.9. The van der Waals surface area contributed by atoms with Gasteiger partial charge in [0.05, 0.1) is 0 Å². The van der Waals surface area contributed by atoms with E-state index in [9.17, 15) is 9.90 Å². The first kappa shape index (κ1) is 10.7. The average Bonchev–Trinajstić information content (AvgIpc) is 2.68. The summed E-state index contributed by atoms with van der Waals surface area (Å²) in [6.45, 7) is 1.91. The highest BCUT2D eigenvalue weighted by atomic mass is 16.4. The topological polar surface area (TPSA) is 66.2 Å². The molecule has 18 heavy (non-hydrogen) atoms. The average molecular weight is 241 g/mol. The summed E-state index contributed by atoms with van der Waals surface area (Å²) in [5, 5.41) is 11.7. The molecule has 0 aliphatic rings. The molecule has 0 aliphatic carbocycles. The van der Waals surface area contributed by atoms with Gasteiger partial charge >= 0.3 is 5.76 Å². The standard InChI is InChI=1S/C14H11NO3/c1-8-6-7-9-4-2-3-5-10(9)11(8)12-13(16)15-14(17)18-12/h2-7,16H,1H3,(H,15,17). The highest BCUT2D eigenvalue weighted by molar-refractivity contribution is 5.97. The van der Waals surface area contributed by atoms with Crippen LogP contribution in [0.5, 0.6) is 5.88 Å². The van der Waals surface area contributed by atoms with Gasteiger partial charge in [-0.3, -0.25) is 4.98 Å². The van der Waals surface area contributed by atoms with Gasteiger partial charge in [-0.2, -0.15) is 0 Å². The fraction of sp³-hybridized carbons (Fsp3) is 0.0714. The van der Waals surface area contributed by atoms with Crippen LogP contribution in [-0.2, 0) is 0 Å². The van der Waals surface area contributed by atoms with Crippen LogP contribution in [0.3, 0.4) is 0 Å². The zero-order chi connectivity index (χ0) is 12.7. The van der Waals surface area contributed by atoms with Crippen LogP contribution in [0.15, 0.2) is 45.6 Å². The SMILES string of the molecule is Cc1ccc2ccccc2c1-c1oc(=O)[nH]c1O. The summed E-state index contributed by atoms with van der Waals surface area (Å²) >= 11 is 0. The second-order valence-electron chi connectivity index (χ2n) is 4.17. The summed E-state index contributed by atoms with van der Waals surface area (Å²) in [5.41, 5.74) is 1.68. The summed E-state index contributed by atoms with van der Waals surface area (Å²) in [6.07, 6.45) is 0. The highest BCUT2D eigenvalue weighted by Gasteiger charge is 2.16. The molecule has 90 valence electrons. The van der Waals surface area contributed by atoms with Crippen molar-refractivity contribution in [1.29, 1.82) is 0 Å². The molecule has 3 aromatic rings. The minimum absolute atomic E-state index is 0.189. The van der Waals surface area contributed by atoms with Crippen LogP contribution in [0, 0.1) is 6.92 Å². The molecule has 1 heterocycles. The highest BCUT2D eigenvalue weighted by Crippen LogP contribution is 2.35. The molecule has 0 spiro atoms. The maximum atomic E-state index is 11.1. The second kappa shape index (κ2) is 3.77. The van der Waals surface area contributed by atoms with Gasteiger partial charge < -0.3 is 9.52 Å². The number of hydrogen-bond acceptors (Lipinski definition) is 3. The van der Waals surface area contributed by atoms with Crippen LogP contribution in [0.1, 0.15) is 5.56 Å². The van der Waals surface area contributed by atoms with Gasteiger partial charge in [0.25, 0.3) is 0 Å². The number of H-pyrrole nitrogens is 1. The van der Waals surface area contributed by atoms with Gasteiger partial charge in [0, 0.05) is 5.56 Å². The van der Waals surface area contributed by atoms with E-state index in [2.05, 4.69) is 4.98 Å². The van der Waals surface area contributed by atoms with E-state index < -0.39 is 5.76 Å². The monoisotopic (exact) mass is 241 g/mol. The molecule has 0 bridgehead atoms. The van der Waals surface area contributed by atoms with Gasteiger partial charge in [0.1, 0.15) is 0 Å². The van der Waals surface area contributed by atoms with E-state index in [0.717, 1.165) is 21.9 Å². The summed E-state index contributed by atoms with van der Waals surface area (Å²) in [4.78, 5) is 13.4. The predicted octanol–water partition coefficient (Wildman–Crippen LogP) is 2.80. The van der Waals surface area contributed by atoms with Gasteiger partial charge in [-0.25, -0.2) is 4.79 Å². The van der Waals surface area contributed by atoms with Crippen LogP contribution in [0.4, 0.5) is 0 Å². The van der Waals surface area contributed by atoms with Crippen LogP contribution in [0.2, 0.25) is 0 Å². The Balaban J connectivity index is 2.44. The number of rotatable bonds is 1. The fourth-order valence-electron chi connectivity index (χ4n) is 2.17. The Morgan fingerprint density at radius 2 is 1.94 bits per heavy atom. The van der Waals surface area contributed by atoms with Crippen LogP contribution in [0.25, 0.3) is 22.1 Å². The van der Waals surface area contributed by atoms with E-state index in [-0.39, 0.29) is 11.6 Å². The first-order valence-electron chi connectivity index (χ1n) is 5.57. The van der Waals surface area contributed by atoms with Crippen LogP contribution < -0.4 is 5.76 Å². The molecule has 2 aromatic carbocycles. The number of oxazole rings is 1. The van der Waals surface area contributed by atoms with Crippen molar-refractivity contribution in [3.63, 3.8) is 0 Å². The summed E-state index contributed by atoms with van der Waals surface area (Å²) in [5.74, 6) is -0.705. The number of benzene rings is 2. The third-order valence-corrected chi connectivity index (χ3v) is 2.99. The number of aromatic nitrogens is 1. The van der Waals surface area contributed by atoms with E-state index in [4.69, 9.17) is 4.42 Å². The summed E-state index contributed by atoms with van der Waals surface area (Å²) in [6, 6.07) is 11.7. The first-order valence-corrected chi connectivity index (χ1v) is 5.57.